The minimum absolute atomic E-state index is 0.0643. The van der Waals surface area contributed by atoms with Crippen molar-refractivity contribution in [3.05, 3.63) is 24.3 Å². The van der Waals surface area contributed by atoms with Gasteiger partial charge < -0.3 is 14.6 Å². The summed E-state index contributed by atoms with van der Waals surface area (Å²) in [5.74, 6) is -0.535. The zero-order chi connectivity index (χ0) is 20.8. The predicted molar refractivity (Wildman–Crippen MR) is 111 cm³/mol. The van der Waals surface area contributed by atoms with Crippen molar-refractivity contribution in [3.63, 3.8) is 0 Å². The van der Waals surface area contributed by atoms with Crippen LogP contribution in [0.5, 0.6) is 0 Å². The van der Waals surface area contributed by atoms with Gasteiger partial charge in [0.15, 0.2) is 0 Å². The van der Waals surface area contributed by atoms with E-state index in [-0.39, 0.29) is 36.2 Å². The Bertz CT molecular complexity index is 511. The van der Waals surface area contributed by atoms with E-state index in [2.05, 4.69) is 19.1 Å². The third kappa shape index (κ3) is 9.16. The smallest absolute Gasteiger partial charge is 0.303 e. The summed E-state index contributed by atoms with van der Waals surface area (Å²) in [5.41, 5.74) is 0. The summed E-state index contributed by atoms with van der Waals surface area (Å²) >= 11 is 0. The fourth-order valence-electron chi connectivity index (χ4n) is 3.80. The molecule has 1 aliphatic carbocycles. The van der Waals surface area contributed by atoms with Gasteiger partial charge in [-0.2, -0.15) is 0 Å². The van der Waals surface area contributed by atoms with Gasteiger partial charge in [0.05, 0.1) is 12.2 Å². The van der Waals surface area contributed by atoms with E-state index in [1.807, 2.05) is 12.2 Å². The van der Waals surface area contributed by atoms with E-state index < -0.39 is 5.97 Å². The Labute approximate surface area is 170 Å². The summed E-state index contributed by atoms with van der Waals surface area (Å²) in [6.45, 7) is 2.20. The topological polar surface area (TPSA) is 72.8 Å². The van der Waals surface area contributed by atoms with Crippen LogP contribution >= 0.6 is 0 Å². The van der Waals surface area contributed by atoms with Crippen LogP contribution in [0.1, 0.15) is 71.1 Å². The monoisotopic (exact) mass is 394 g/mol. The molecule has 0 bridgehead atoms. The van der Waals surface area contributed by atoms with Crippen molar-refractivity contribution < 1.29 is 24.2 Å². The Morgan fingerprint density at radius 1 is 1.21 bits per heavy atom. The van der Waals surface area contributed by atoms with Crippen LogP contribution in [0.4, 0.5) is 0 Å². The second kappa shape index (κ2) is 14.5. The maximum Gasteiger partial charge on any atom is 0.303 e. The van der Waals surface area contributed by atoms with Gasteiger partial charge in [0.25, 0.3) is 0 Å². The molecule has 1 fully saturated rings. The molecular weight excluding hydrogens is 356 g/mol. The number of carbonyl (C=O) groups is 2. The third-order valence-corrected chi connectivity index (χ3v) is 5.52. The highest BCUT2D eigenvalue weighted by molar-refractivity contribution is 5.84. The zero-order valence-corrected chi connectivity index (χ0v) is 17.8. The number of aliphatic carboxylic acids is 1. The van der Waals surface area contributed by atoms with Gasteiger partial charge in [-0.3, -0.25) is 9.59 Å². The SMILES string of the molecule is CCCCCCC(/C=C/[C@H]1C(OC)CC(=O)[C@@H]1C/C=C\CCCC(=O)O)OC. The summed E-state index contributed by atoms with van der Waals surface area (Å²) in [7, 11) is 3.40. The fraction of sp³-hybridized carbons (Fsp3) is 0.739. The quantitative estimate of drug-likeness (QED) is 0.314. The van der Waals surface area contributed by atoms with Gasteiger partial charge in [0.2, 0.25) is 0 Å². The van der Waals surface area contributed by atoms with Crippen molar-refractivity contribution in [2.45, 2.75) is 83.3 Å². The van der Waals surface area contributed by atoms with Gasteiger partial charge in [0, 0.05) is 38.9 Å². The number of unbranched alkanes of at least 4 members (excludes halogenated alkanes) is 4. The number of hydrogen-bond donors (Lipinski definition) is 1. The summed E-state index contributed by atoms with van der Waals surface area (Å²) in [6, 6.07) is 0. The van der Waals surface area contributed by atoms with Crippen LogP contribution < -0.4 is 0 Å². The number of carboxylic acid groups (broad SMARTS) is 1. The molecule has 0 aliphatic heterocycles. The minimum Gasteiger partial charge on any atom is -0.481 e. The molecule has 0 saturated heterocycles. The molecule has 5 nitrogen and oxygen atoms in total. The number of ether oxygens (including phenoxy) is 2. The molecule has 28 heavy (non-hydrogen) atoms. The average molecular weight is 395 g/mol. The van der Waals surface area contributed by atoms with Crippen LogP contribution in [0.2, 0.25) is 0 Å². The molecule has 4 atom stereocenters. The number of rotatable bonds is 15. The molecule has 1 N–H and O–H groups in total. The highest BCUT2D eigenvalue weighted by atomic mass is 16.5. The second-order valence-corrected chi connectivity index (χ2v) is 7.63. The minimum atomic E-state index is -0.769. The van der Waals surface area contributed by atoms with Crippen LogP contribution in [-0.2, 0) is 19.1 Å². The van der Waals surface area contributed by atoms with E-state index in [1.165, 1.54) is 19.3 Å². The summed E-state index contributed by atoms with van der Waals surface area (Å²) in [6.07, 6.45) is 16.7. The first-order valence-electron chi connectivity index (χ1n) is 10.7. The molecule has 0 spiro atoms. The lowest BCUT2D eigenvalue weighted by Gasteiger charge is -2.20. The van der Waals surface area contributed by atoms with Crippen molar-refractivity contribution in [2.24, 2.45) is 11.8 Å². The highest BCUT2D eigenvalue weighted by Gasteiger charge is 2.40. The lowest BCUT2D eigenvalue weighted by Crippen LogP contribution is -2.20. The van der Waals surface area contributed by atoms with Crippen molar-refractivity contribution in [1.29, 1.82) is 0 Å². The molecule has 0 aromatic heterocycles. The van der Waals surface area contributed by atoms with Crippen LogP contribution in [-0.4, -0.2) is 43.3 Å². The van der Waals surface area contributed by atoms with Gasteiger partial charge >= 0.3 is 5.97 Å². The Balaban J connectivity index is 2.60. The first kappa shape index (κ1) is 24.6. The number of ketones is 1. The number of carboxylic acids is 1. The molecular formula is C23H38O5. The average Bonchev–Trinajstić information content (AvgIpc) is 2.98. The summed E-state index contributed by atoms with van der Waals surface area (Å²) in [5, 5.41) is 8.67. The molecule has 5 heteroatoms. The van der Waals surface area contributed by atoms with E-state index >= 15 is 0 Å². The first-order valence-corrected chi connectivity index (χ1v) is 10.7. The molecule has 2 unspecified atom stereocenters. The highest BCUT2D eigenvalue weighted by Crippen LogP contribution is 2.35. The molecule has 0 amide bonds. The number of allylic oxidation sites excluding steroid dienone is 2. The van der Waals surface area contributed by atoms with Crippen LogP contribution in [0.15, 0.2) is 24.3 Å². The van der Waals surface area contributed by atoms with Crippen molar-refractivity contribution in [2.75, 3.05) is 14.2 Å². The Kier molecular flexibility index (Phi) is 12.8. The largest absolute Gasteiger partial charge is 0.481 e. The normalized spacial score (nSPS) is 23.8. The molecule has 0 heterocycles. The van der Waals surface area contributed by atoms with Gasteiger partial charge in [0.1, 0.15) is 5.78 Å². The molecule has 1 saturated carbocycles. The third-order valence-electron chi connectivity index (χ3n) is 5.52. The molecule has 1 aliphatic rings. The van der Waals surface area contributed by atoms with Gasteiger partial charge in [-0.05, 0) is 25.7 Å². The fourth-order valence-corrected chi connectivity index (χ4v) is 3.80. The van der Waals surface area contributed by atoms with E-state index in [9.17, 15) is 9.59 Å². The Morgan fingerprint density at radius 3 is 2.64 bits per heavy atom. The van der Waals surface area contributed by atoms with Gasteiger partial charge in [-0.1, -0.05) is 56.9 Å². The Hall–Kier alpha value is -1.46. The van der Waals surface area contributed by atoms with Crippen molar-refractivity contribution in [1.82, 2.24) is 0 Å². The number of methoxy groups -OCH3 is 2. The zero-order valence-electron chi connectivity index (χ0n) is 17.8. The maximum absolute atomic E-state index is 12.5. The van der Waals surface area contributed by atoms with Gasteiger partial charge in [-0.25, -0.2) is 0 Å². The van der Waals surface area contributed by atoms with E-state index in [4.69, 9.17) is 14.6 Å². The number of Topliss-reactive ketones (excluding diaryl/α,β-unsaturated/α-hetero) is 1. The van der Waals surface area contributed by atoms with E-state index in [1.54, 1.807) is 14.2 Å². The standard InChI is InChI=1S/C23H38O5/c1-4-5-6-9-12-18(27-2)15-16-20-19(21(24)17-22(20)28-3)13-10-7-8-11-14-23(25)26/h7,10,15-16,18-20,22H,4-6,8-9,11-14,17H2,1-3H3,(H,25,26)/b10-7-,16-15+/t18?,19-,20-,22?/m1/s1. The second-order valence-electron chi connectivity index (χ2n) is 7.63. The number of hydrogen-bond acceptors (Lipinski definition) is 4. The van der Waals surface area contributed by atoms with Crippen molar-refractivity contribution >= 4 is 11.8 Å². The molecule has 0 radical (unpaired) electrons. The lowest BCUT2D eigenvalue weighted by molar-refractivity contribution is -0.137. The molecule has 1 rings (SSSR count). The molecule has 160 valence electrons. The van der Waals surface area contributed by atoms with Crippen LogP contribution in [0.25, 0.3) is 0 Å². The van der Waals surface area contributed by atoms with Crippen LogP contribution in [0.3, 0.4) is 0 Å². The van der Waals surface area contributed by atoms with Gasteiger partial charge in [-0.15, -0.1) is 0 Å². The van der Waals surface area contributed by atoms with E-state index in [0.717, 1.165) is 19.3 Å². The predicted octanol–water partition coefficient (Wildman–Crippen LogP) is 4.95. The number of carbonyl (C=O) groups excluding carboxylic acids is 1. The Morgan fingerprint density at radius 2 is 2.00 bits per heavy atom. The van der Waals surface area contributed by atoms with E-state index in [0.29, 0.717) is 19.3 Å². The first-order chi connectivity index (χ1) is 13.5. The summed E-state index contributed by atoms with van der Waals surface area (Å²) < 4.78 is 11.2. The molecule has 0 aromatic rings. The molecule has 0 aromatic carbocycles. The van der Waals surface area contributed by atoms with Crippen molar-refractivity contribution in [3.8, 4) is 0 Å². The summed E-state index contributed by atoms with van der Waals surface area (Å²) in [4.78, 5) is 23.0. The van der Waals surface area contributed by atoms with Crippen LogP contribution in [0, 0.1) is 11.8 Å². The maximum atomic E-state index is 12.5. The lowest BCUT2D eigenvalue weighted by atomic mass is 9.90.